The summed E-state index contributed by atoms with van der Waals surface area (Å²) in [6, 6.07) is 28.5. The van der Waals surface area contributed by atoms with Gasteiger partial charge in [0.05, 0.1) is 5.25 Å². The van der Waals surface area contributed by atoms with E-state index in [9.17, 15) is 9.90 Å². The predicted octanol–water partition coefficient (Wildman–Crippen LogP) is 8.88. The first-order valence-electron chi connectivity index (χ1n) is 13.1. The van der Waals surface area contributed by atoms with Gasteiger partial charge in [-0.3, -0.25) is 4.79 Å². The maximum Gasteiger partial charge on any atom is 0.196 e. The number of aryl methyl sites for hydroxylation is 1. The van der Waals surface area contributed by atoms with E-state index in [-0.39, 0.29) is 5.25 Å². The van der Waals surface area contributed by atoms with Gasteiger partial charge in [0.25, 0.3) is 0 Å². The van der Waals surface area contributed by atoms with Crippen LogP contribution in [0.2, 0.25) is 5.02 Å². The summed E-state index contributed by atoms with van der Waals surface area (Å²) in [5.74, 6) is 0.294. The lowest BCUT2D eigenvalue weighted by molar-refractivity contribution is 0.0580. The zero-order valence-electron chi connectivity index (χ0n) is 21.3. The largest absolute Gasteiger partial charge is 0.365 e. The first kappa shape index (κ1) is 25.9. The number of Topliss-reactive ketones (excluding diaryl/α,β-unsaturated/α-hetero) is 1. The van der Waals surface area contributed by atoms with Crippen LogP contribution in [0.1, 0.15) is 39.0 Å². The summed E-state index contributed by atoms with van der Waals surface area (Å²) in [6.45, 7) is 0. The highest BCUT2D eigenvalue weighted by molar-refractivity contribution is 8.15. The van der Waals surface area contributed by atoms with Crippen LogP contribution in [0.25, 0.3) is 20.9 Å². The Balaban J connectivity index is 0.000000150. The molecule has 0 bridgehead atoms. The molecule has 0 spiro atoms. The van der Waals surface area contributed by atoms with Gasteiger partial charge in [-0.05, 0) is 82.3 Å². The number of carbonyl (C=O) groups is 1. The molecule has 3 heterocycles. The SMILES string of the molecule is O=C1CCc2cc(-c3cccs3)ccc21.OC12N=C(c3cccc(Cl)c3)SC1Cc1cc(-c3cccs3)ccc12. The van der Waals surface area contributed by atoms with E-state index in [0.29, 0.717) is 17.2 Å². The number of rotatable bonds is 3. The van der Waals surface area contributed by atoms with E-state index in [4.69, 9.17) is 16.6 Å². The van der Waals surface area contributed by atoms with Gasteiger partial charge in [-0.15, -0.1) is 22.7 Å². The van der Waals surface area contributed by atoms with Crippen LogP contribution < -0.4 is 0 Å². The molecule has 2 aliphatic carbocycles. The van der Waals surface area contributed by atoms with E-state index >= 15 is 0 Å². The Morgan fingerprint density at radius 2 is 1.52 bits per heavy atom. The summed E-state index contributed by atoms with van der Waals surface area (Å²) in [5, 5.41) is 17.0. The lowest BCUT2D eigenvalue weighted by Crippen LogP contribution is -2.27. The zero-order valence-corrected chi connectivity index (χ0v) is 24.5. The van der Waals surface area contributed by atoms with Crippen molar-refractivity contribution in [1.82, 2.24) is 0 Å². The van der Waals surface area contributed by atoms with Crippen LogP contribution in [0.4, 0.5) is 0 Å². The summed E-state index contributed by atoms with van der Waals surface area (Å²) < 4.78 is 0. The number of halogens is 1. The third kappa shape index (κ3) is 4.68. The average molecular weight is 598 g/mol. The highest BCUT2D eigenvalue weighted by Crippen LogP contribution is 2.51. The standard InChI is InChI=1S/C20H14ClNOS2.C13H10OS/c21-15-4-1-3-13(10-15)19-22-20(23)16-7-6-12(17-5-2-8-24-17)9-14(16)11-18(20)25-19;14-12-6-4-9-8-10(3-5-11(9)12)13-2-1-7-15-13/h1-10,18,23H,11H2;1-3,5,7-8H,4,6H2. The third-order valence-electron chi connectivity index (χ3n) is 7.59. The Morgan fingerprint density at radius 3 is 2.23 bits per heavy atom. The number of nitrogens with zero attached hydrogens (tertiary/aromatic N) is 1. The Labute approximate surface area is 250 Å². The van der Waals surface area contributed by atoms with E-state index in [1.165, 1.54) is 32.0 Å². The molecule has 2 atom stereocenters. The molecule has 0 saturated carbocycles. The first-order valence-corrected chi connectivity index (χ1v) is 16.1. The molecule has 0 fully saturated rings. The van der Waals surface area contributed by atoms with Gasteiger partial charge in [-0.2, -0.15) is 0 Å². The zero-order chi connectivity index (χ0) is 27.3. The molecule has 2 aromatic heterocycles. The fraction of sp³-hybridized carbons (Fsp3) is 0.152. The molecule has 7 heteroatoms. The Bertz CT molecular complexity index is 1760. The summed E-state index contributed by atoms with van der Waals surface area (Å²) >= 11 is 11.2. The maximum absolute atomic E-state index is 11.5. The molecular weight excluding hydrogens is 574 g/mol. The second kappa shape index (κ2) is 10.4. The lowest BCUT2D eigenvalue weighted by Gasteiger charge is -2.19. The molecule has 5 aromatic rings. The van der Waals surface area contributed by atoms with Crippen molar-refractivity contribution in [3.8, 4) is 20.9 Å². The van der Waals surface area contributed by atoms with Gasteiger partial charge >= 0.3 is 0 Å². The van der Waals surface area contributed by atoms with Crippen molar-refractivity contribution in [2.24, 2.45) is 4.99 Å². The molecule has 0 radical (unpaired) electrons. The number of thiophene rings is 2. The number of ketones is 1. The van der Waals surface area contributed by atoms with E-state index in [1.54, 1.807) is 34.4 Å². The predicted molar refractivity (Wildman–Crippen MR) is 169 cm³/mol. The normalized spacial score (nSPS) is 20.4. The van der Waals surface area contributed by atoms with Gasteiger partial charge < -0.3 is 5.11 Å². The van der Waals surface area contributed by atoms with Gasteiger partial charge in [-0.25, -0.2) is 4.99 Å². The van der Waals surface area contributed by atoms with Gasteiger partial charge in [0.1, 0.15) is 5.04 Å². The van der Waals surface area contributed by atoms with Crippen molar-refractivity contribution in [2.75, 3.05) is 0 Å². The van der Waals surface area contributed by atoms with Gasteiger partial charge in [0.15, 0.2) is 11.5 Å². The van der Waals surface area contributed by atoms with E-state index in [2.05, 4.69) is 53.2 Å². The average Bonchev–Trinajstić information content (AvgIpc) is 3.79. The van der Waals surface area contributed by atoms with Crippen LogP contribution in [0.15, 0.2) is 101 Å². The molecule has 3 aromatic carbocycles. The van der Waals surface area contributed by atoms with Crippen LogP contribution in [0.3, 0.4) is 0 Å². The molecule has 0 saturated heterocycles. The number of fused-ring (bicyclic) bond motifs is 4. The quantitative estimate of drug-likeness (QED) is 0.226. The molecule has 8 rings (SSSR count). The van der Waals surface area contributed by atoms with Gasteiger partial charge in [0, 0.05) is 37.9 Å². The minimum absolute atomic E-state index is 0.0232. The minimum Gasteiger partial charge on any atom is -0.365 e. The molecule has 3 aliphatic rings. The Morgan fingerprint density at radius 1 is 0.800 bits per heavy atom. The third-order valence-corrected chi connectivity index (χ3v) is 11.0. The molecule has 3 nitrogen and oxygen atoms in total. The van der Waals surface area contributed by atoms with Crippen molar-refractivity contribution >= 4 is 56.9 Å². The van der Waals surface area contributed by atoms with E-state index in [0.717, 1.165) is 34.6 Å². The van der Waals surface area contributed by atoms with Crippen LogP contribution in [0, 0.1) is 0 Å². The maximum atomic E-state index is 11.5. The number of thioether (sulfide) groups is 1. The molecule has 40 heavy (non-hydrogen) atoms. The van der Waals surface area contributed by atoms with Crippen LogP contribution in [0.5, 0.6) is 0 Å². The minimum atomic E-state index is -1.13. The van der Waals surface area contributed by atoms with Gasteiger partial charge in [-0.1, -0.05) is 71.9 Å². The second-order valence-corrected chi connectivity index (χ2v) is 13.6. The fourth-order valence-corrected chi connectivity index (χ4v) is 8.58. The number of hydrogen-bond acceptors (Lipinski definition) is 6. The first-order chi connectivity index (χ1) is 19.5. The highest BCUT2D eigenvalue weighted by Gasteiger charge is 2.50. The number of carbonyl (C=O) groups excluding carboxylic acids is 1. The number of benzene rings is 3. The van der Waals surface area contributed by atoms with Crippen LogP contribution in [-0.4, -0.2) is 21.2 Å². The van der Waals surface area contributed by atoms with Crippen molar-refractivity contribution in [3.63, 3.8) is 0 Å². The van der Waals surface area contributed by atoms with Crippen molar-refractivity contribution in [2.45, 2.75) is 30.2 Å². The van der Waals surface area contributed by atoms with E-state index < -0.39 is 5.72 Å². The van der Waals surface area contributed by atoms with Crippen molar-refractivity contribution in [3.05, 3.63) is 129 Å². The lowest BCUT2D eigenvalue weighted by atomic mass is 10.0. The topological polar surface area (TPSA) is 49.7 Å². The Hall–Kier alpha value is -3.00. The monoisotopic (exact) mass is 597 g/mol. The second-order valence-electron chi connectivity index (χ2n) is 10.1. The summed E-state index contributed by atoms with van der Waals surface area (Å²) in [4.78, 5) is 18.7. The van der Waals surface area contributed by atoms with Gasteiger partial charge in [0.2, 0.25) is 0 Å². The molecule has 198 valence electrons. The summed E-state index contributed by atoms with van der Waals surface area (Å²) in [6.07, 6.45) is 2.42. The summed E-state index contributed by atoms with van der Waals surface area (Å²) in [7, 11) is 0. The molecule has 1 aliphatic heterocycles. The fourth-order valence-electron chi connectivity index (χ4n) is 5.61. The highest BCUT2D eigenvalue weighted by atomic mass is 35.5. The number of aliphatic imine (C=N–C) groups is 1. The molecule has 2 unspecified atom stereocenters. The van der Waals surface area contributed by atoms with Crippen molar-refractivity contribution < 1.29 is 9.90 Å². The summed E-state index contributed by atoms with van der Waals surface area (Å²) in [5.41, 5.74) is 6.55. The number of hydrogen-bond donors (Lipinski definition) is 1. The van der Waals surface area contributed by atoms with Crippen LogP contribution in [-0.2, 0) is 18.6 Å². The van der Waals surface area contributed by atoms with E-state index in [1.807, 2.05) is 42.5 Å². The Kier molecular flexibility index (Phi) is 6.77. The van der Waals surface area contributed by atoms with Crippen molar-refractivity contribution in [1.29, 1.82) is 0 Å². The molecule has 0 amide bonds. The molecular formula is C33H24ClNO2S3. The number of aliphatic hydroxyl groups is 1. The smallest absolute Gasteiger partial charge is 0.196 e. The van der Waals surface area contributed by atoms with Crippen LogP contribution >= 0.6 is 46.0 Å². The molecule has 1 N–H and O–H groups in total.